The molecule has 1 unspecified atom stereocenters. The molecule has 7 heteroatoms. The fourth-order valence-electron chi connectivity index (χ4n) is 5.20. The maximum Gasteiger partial charge on any atom is 0.136 e. The van der Waals surface area contributed by atoms with Gasteiger partial charge in [0.15, 0.2) is 0 Å². The summed E-state index contributed by atoms with van der Waals surface area (Å²) in [6.45, 7) is 6.80. The SMILES string of the molecule is CC1(CN2CCc3nc(-c4cccnc4)sc3C2)CN2CC=CN=C2c2cc(F)ccc21. The number of rotatable bonds is 3. The van der Waals surface area contributed by atoms with Crippen LogP contribution in [0.2, 0.25) is 0 Å². The molecule has 2 aromatic heterocycles. The Balaban J connectivity index is 1.29. The number of thiazole rings is 1. The molecule has 0 N–H and O–H groups in total. The third kappa shape index (κ3) is 3.36. The summed E-state index contributed by atoms with van der Waals surface area (Å²) in [6.07, 6.45) is 8.53. The average Bonchev–Trinajstić information content (AvgIpc) is 3.23. The molecule has 0 aliphatic carbocycles. The van der Waals surface area contributed by atoms with E-state index in [1.807, 2.05) is 24.5 Å². The van der Waals surface area contributed by atoms with Gasteiger partial charge in [-0.05, 0) is 35.9 Å². The minimum Gasteiger partial charge on any atom is -0.351 e. The van der Waals surface area contributed by atoms with E-state index >= 15 is 0 Å². The quantitative estimate of drug-likeness (QED) is 0.605. The summed E-state index contributed by atoms with van der Waals surface area (Å²) in [5.74, 6) is 0.685. The number of nitrogens with zero attached hydrogens (tertiary/aromatic N) is 5. The summed E-state index contributed by atoms with van der Waals surface area (Å²) in [4.78, 5) is 19.9. The Labute approximate surface area is 191 Å². The number of amidine groups is 1. The smallest absolute Gasteiger partial charge is 0.136 e. The van der Waals surface area contributed by atoms with Gasteiger partial charge in [-0.15, -0.1) is 11.3 Å². The summed E-state index contributed by atoms with van der Waals surface area (Å²) < 4.78 is 14.2. The number of aromatic nitrogens is 2. The van der Waals surface area contributed by atoms with Gasteiger partial charge in [-0.3, -0.25) is 9.88 Å². The van der Waals surface area contributed by atoms with Gasteiger partial charge < -0.3 is 4.90 Å². The molecule has 0 spiro atoms. The highest BCUT2D eigenvalue weighted by Crippen LogP contribution is 2.38. The van der Waals surface area contributed by atoms with Crippen LogP contribution in [0.3, 0.4) is 0 Å². The molecule has 1 atom stereocenters. The molecule has 162 valence electrons. The Kier molecular flexibility index (Phi) is 4.69. The largest absolute Gasteiger partial charge is 0.351 e. The van der Waals surface area contributed by atoms with Crippen molar-refractivity contribution in [3.8, 4) is 10.6 Å². The summed E-state index contributed by atoms with van der Waals surface area (Å²) in [6, 6.07) is 9.23. The van der Waals surface area contributed by atoms with Gasteiger partial charge >= 0.3 is 0 Å². The molecular formula is C25H24FN5S. The molecule has 0 radical (unpaired) electrons. The summed E-state index contributed by atoms with van der Waals surface area (Å²) in [5, 5.41) is 1.05. The van der Waals surface area contributed by atoms with E-state index in [0.29, 0.717) is 0 Å². The minimum atomic E-state index is -0.208. The maximum absolute atomic E-state index is 14.2. The predicted molar refractivity (Wildman–Crippen MR) is 125 cm³/mol. The molecule has 0 fully saturated rings. The van der Waals surface area contributed by atoms with Crippen molar-refractivity contribution >= 4 is 17.2 Å². The van der Waals surface area contributed by atoms with Gasteiger partial charge in [0.25, 0.3) is 0 Å². The van der Waals surface area contributed by atoms with Crippen molar-refractivity contribution in [2.75, 3.05) is 26.2 Å². The van der Waals surface area contributed by atoms with Crippen LogP contribution in [-0.4, -0.2) is 51.8 Å². The van der Waals surface area contributed by atoms with Crippen molar-refractivity contribution < 1.29 is 4.39 Å². The van der Waals surface area contributed by atoms with E-state index in [1.54, 1.807) is 29.7 Å². The highest BCUT2D eigenvalue weighted by molar-refractivity contribution is 7.15. The lowest BCUT2D eigenvalue weighted by Gasteiger charge is -2.46. The van der Waals surface area contributed by atoms with Crippen LogP contribution >= 0.6 is 11.3 Å². The first-order valence-electron chi connectivity index (χ1n) is 11.0. The Morgan fingerprint density at radius 2 is 2.19 bits per heavy atom. The van der Waals surface area contributed by atoms with Crippen LogP contribution in [0.15, 0.2) is 60.0 Å². The standard InChI is InChI=1S/C25H24FN5S/c1-25(16-31-10-3-9-28-23(31)19-12-18(26)5-6-20(19)25)15-30-11-7-21-22(14-30)32-24(29-21)17-4-2-8-27-13-17/h2-6,8-9,12-13H,7,10-11,14-16H2,1H3. The number of aliphatic imine (C=N–C) groups is 1. The Hall–Kier alpha value is -2.90. The molecule has 5 heterocycles. The van der Waals surface area contributed by atoms with E-state index < -0.39 is 0 Å². The van der Waals surface area contributed by atoms with Crippen LogP contribution in [0.4, 0.5) is 4.39 Å². The van der Waals surface area contributed by atoms with Crippen LogP contribution in [0, 0.1) is 5.82 Å². The van der Waals surface area contributed by atoms with Crippen LogP contribution in [0.1, 0.15) is 28.6 Å². The number of fused-ring (bicyclic) bond motifs is 4. The van der Waals surface area contributed by atoms with Crippen LogP contribution in [0.25, 0.3) is 10.6 Å². The zero-order valence-corrected chi connectivity index (χ0v) is 18.8. The van der Waals surface area contributed by atoms with E-state index in [9.17, 15) is 4.39 Å². The molecule has 0 bridgehead atoms. The van der Waals surface area contributed by atoms with Gasteiger partial charge in [0.1, 0.15) is 16.7 Å². The maximum atomic E-state index is 14.2. The minimum absolute atomic E-state index is 0.110. The molecule has 3 aliphatic heterocycles. The number of hydrogen-bond acceptors (Lipinski definition) is 6. The summed E-state index contributed by atoms with van der Waals surface area (Å²) >= 11 is 1.78. The van der Waals surface area contributed by atoms with Crippen LogP contribution in [-0.2, 0) is 18.4 Å². The van der Waals surface area contributed by atoms with E-state index in [2.05, 4.69) is 38.8 Å². The van der Waals surface area contributed by atoms with Gasteiger partial charge in [-0.2, -0.15) is 0 Å². The molecule has 3 aromatic rings. The lowest BCUT2D eigenvalue weighted by Crippen LogP contribution is -2.54. The molecular weight excluding hydrogens is 421 g/mol. The van der Waals surface area contributed by atoms with Gasteiger partial charge in [-0.25, -0.2) is 14.4 Å². The first kappa shape index (κ1) is 19.8. The highest BCUT2D eigenvalue weighted by Gasteiger charge is 2.40. The van der Waals surface area contributed by atoms with Crippen molar-refractivity contribution in [1.29, 1.82) is 0 Å². The summed E-state index contributed by atoms with van der Waals surface area (Å²) in [7, 11) is 0. The Bertz CT molecular complexity index is 1230. The van der Waals surface area contributed by atoms with E-state index in [4.69, 9.17) is 4.98 Å². The van der Waals surface area contributed by atoms with E-state index in [1.165, 1.54) is 16.1 Å². The fourth-order valence-corrected chi connectivity index (χ4v) is 6.34. The lowest BCUT2D eigenvalue weighted by molar-refractivity contribution is 0.175. The predicted octanol–water partition coefficient (Wildman–Crippen LogP) is 4.25. The number of hydrogen-bond donors (Lipinski definition) is 0. The molecule has 0 amide bonds. The molecule has 5 nitrogen and oxygen atoms in total. The van der Waals surface area contributed by atoms with Gasteiger partial charge in [0.05, 0.1) is 5.69 Å². The summed E-state index contributed by atoms with van der Waals surface area (Å²) in [5.41, 5.74) is 4.31. The average molecular weight is 446 g/mol. The van der Waals surface area contributed by atoms with E-state index in [-0.39, 0.29) is 11.2 Å². The topological polar surface area (TPSA) is 44.6 Å². The second-order valence-corrected chi connectivity index (χ2v) is 10.1. The molecule has 0 saturated carbocycles. The normalized spacial score (nSPS) is 22.2. The van der Waals surface area contributed by atoms with Crippen molar-refractivity contribution in [1.82, 2.24) is 19.8 Å². The van der Waals surface area contributed by atoms with Crippen LogP contribution < -0.4 is 0 Å². The number of benzene rings is 1. The van der Waals surface area contributed by atoms with Gasteiger partial charge in [0, 0.05) is 79.2 Å². The first-order chi connectivity index (χ1) is 15.6. The second kappa shape index (κ2) is 7.60. The first-order valence-corrected chi connectivity index (χ1v) is 11.8. The number of pyridine rings is 1. The third-order valence-corrected chi connectivity index (χ3v) is 7.76. The third-order valence-electron chi connectivity index (χ3n) is 6.63. The Morgan fingerprint density at radius 3 is 3.06 bits per heavy atom. The van der Waals surface area contributed by atoms with E-state index in [0.717, 1.165) is 61.1 Å². The van der Waals surface area contributed by atoms with Crippen molar-refractivity contribution in [2.24, 2.45) is 4.99 Å². The van der Waals surface area contributed by atoms with Gasteiger partial charge in [0.2, 0.25) is 0 Å². The lowest BCUT2D eigenvalue weighted by atomic mass is 9.75. The molecule has 1 aromatic carbocycles. The molecule has 3 aliphatic rings. The molecule has 6 rings (SSSR count). The van der Waals surface area contributed by atoms with Crippen molar-refractivity contribution in [3.63, 3.8) is 0 Å². The van der Waals surface area contributed by atoms with Crippen LogP contribution in [0.5, 0.6) is 0 Å². The second-order valence-electron chi connectivity index (χ2n) is 9.06. The molecule has 32 heavy (non-hydrogen) atoms. The molecule has 0 saturated heterocycles. The van der Waals surface area contributed by atoms with Crippen molar-refractivity contribution in [2.45, 2.75) is 25.3 Å². The number of halogens is 1. The monoisotopic (exact) mass is 445 g/mol. The highest BCUT2D eigenvalue weighted by atomic mass is 32.1. The van der Waals surface area contributed by atoms with Gasteiger partial charge in [-0.1, -0.05) is 13.0 Å². The zero-order valence-electron chi connectivity index (χ0n) is 18.0. The zero-order chi connectivity index (χ0) is 21.7. The van der Waals surface area contributed by atoms with Crippen molar-refractivity contribution in [3.05, 3.63) is 82.5 Å². The Morgan fingerprint density at radius 1 is 1.25 bits per heavy atom. The fraction of sp³-hybridized carbons (Fsp3) is 0.320.